The summed E-state index contributed by atoms with van der Waals surface area (Å²) >= 11 is 1.77. The molecule has 10 heteroatoms. The van der Waals surface area contributed by atoms with Gasteiger partial charge in [-0.05, 0) is 31.4 Å². The van der Waals surface area contributed by atoms with Crippen molar-refractivity contribution in [2.24, 2.45) is 4.99 Å². The van der Waals surface area contributed by atoms with Crippen LogP contribution in [0, 0.1) is 0 Å². The number of hydrogen-bond acceptors (Lipinski definition) is 5. The minimum Gasteiger partial charge on any atom is -0.387 e. The van der Waals surface area contributed by atoms with E-state index in [4.69, 9.17) is 0 Å². The predicted octanol–water partition coefficient (Wildman–Crippen LogP) is 0.842. The summed E-state index contributed by atoms with van der Waals surface area (Å²) in [5.41, 5.74) is -0.653. The average molecular weight is 506 g/mol. The zero-order chi connectivity index (χ0) is 17.6. The van der Waals surface area contributed by atoms with Gasteiger partial charge in [0.1, 0.15) is 0 Å². The number of rotatable bonds is 6. The second-order valence-electron chi connectivity index (χ2n) is 6.59. The van der Waals surface area contributed by atoms with Crippen LogP contribution in [0.25, 0.3) is 0 Å². The molecule has 0 aromatic heterocycles. The number of hydrogen-bond donors (Lipinski definition) is 3. The number of aliphatic imine (C=N–C) groups is 1. The zero-order valence-electron chi connectivity index (χ0n) is 15.0. The first-order valence-corrected chi connectivity index (χ1v) is 11.4. The Balaban J connectivity index is 0.00000312. The van der Waals surface area contributed by atoms with E-state index >= 15 is 0 Å². The molecule has 0 amide bonds. The van der Waals surface area contributed by atoms with Gasteiger partial charge in [-0.2, -0.15) is 11.8 Å². The van der Waals surface area contributed by atoms with Crippen molar-refractivity contribution < 1.29 is 13.5 Å². The van der Waals surface area contributed by atoms with Gasteiger partial charge in [-0.25, -0.2) is 12.7 Å². The van der Waals surface area contributed by atoms with Gasteiger partial charge >= 0.3 is 0 Å². The summed E-state index contributed by atoms with van der Waals surface area (Å²) in [5, 5.41) is 16.9. The first-order chi connectivity index (χ1) is 11.4. The summed E-state index contributed by atoms with van der Waals surface area (Å²) in [5.74, 6) is 2.65. The van der Waals surface area contributed by atoms with E-state index < -0.39 is 15.6 Å². The third kappa shape index (κ3) is 7.04. The van der Waals surface area contributed by atoms with Crippen LogP contribution in [0.2, 0.25) is 0 Å². The number of thioether (sulfide) groups is 1. The average Bonchev–Trinajstić information content (AvgIpc) is 2.99. The van der Waals surface area contributed by atoms with Crippen LogP contribution >= 0.6 is 35.7 Å². The van der Waals surface area contributed by atoms with Crippen molar-refractivity contribution in [2.45, 2.75) is 44.2 Å². The van der Waals surface area contributed by atoms with E-state index in [9.17, 15) is 13.5 Å². The van der Waals surface area contributed by atoms with Crippen molar-refractivity contribution in [1.82, 2.24) is 14.9 Å². The van der Waals surface area contributed by atoms with Crippen molar-refractivity contribution in [3.8, 4) is 0 Å². The van der Waals surface area contributed by atoms with Crippen LogP contribution in [0.15, 0.2) is 4.99 Å². The lowest BCUT2D eigenvalue weighted by Crippen LogP contribution is -2.52. The van der Waals surface area contributed by atoms with Gasteiger partial charge in [-0.1, -0.05) is 6.92 Å². The topological polar surface area (TPSA) is 94.0 Å². The Morgan fingerprint density at radius 3 is 2.60 bits per heavy atom. The van der Waals surface area contributed by atoms with Gasteiger partial charge in [0.25, 0.3) is 0 Å². The highest BCUT2D eigenvalue weighted by Crippen LogP contribution is 2.26. The molecule has 2 heterocycles. The summed E-state index contributed by atoms with van der Waals surface area (Å²) in [6.07, 6.45) is 2.99. The Morgan fingerprint density at radius 2 is 2.08 bits per heavy atom. The highest BCUT2D eigenvalue weighted by molar-refractivity contribution is 14.0. The molecule has 0 bridgehead atoms. The quantitative estimate of drug-likeness (QED) is 0.281. The smallest absolute Gasteiger partial charge is 0.214 e. The lowest BCUT2D eigenvalue weighted by molar-refractivity contribution is 0.0723. The van der Waals surface area contributed by atoms with Crippen LogP contribution < -0.4 is 10.6 Å². The first kappa shape index (κ1) is 23.3. The van der Waals surface area contributed by atoms with Crippen molar-refractivity contribution in [3.63, 3.8) is 0 Å². The molecule has 2 aliphatic heterocycles. The fourth-order valence-electron chi connectivity index (χ4n) is 3.04. The summed E-state index contributed by atoms with van der Waals surface area (Å²) in [6, 6.07) is 0.205. The van der Waals surface area contributed by atoms with Crippen LogP contribution in [0.1, 0.15) is 32.6 Å². The maximum absolute atomic E-state index is 12.1. The van der Waals surface area contributed by atoms with E-state index in [2.05, 4.69) is 15.6 Å². The predicted molar refractivity (Wildman–Crippen MR) is 115 cm³/mol. The minimum atomic E-state index is -3.10. The lowest BCUT2D eigenvalue weighted by Gasteiger charge is -2.32. The SMILES string of the molecule is CCCS(=O)(=O)N1CCC(NC(=NC)NCC2(O)CCSC2)CC1.I. The highest BCUT2D eigenvalue weighted by atomic mass is 127. The van der Waals surface area contributed by atoms with E-state index in [0.717, 1.165) is 30.8 Å². The Bertz CT molecular complexity index is 531. The van der Waals surface area contributed by atoms with Crippen LogP contribution in [0.3, 0.4) is 0 Å². The van der Waals surface area contributed by atoms with Crippen molar-refractivity contribution in [3.05, 3.63) is 0 Å². The van der Waals surface area contributed by atoms with Gasteiger partial charge < -0.3 is 15.7 Å². The minimum absolute atomic E-state index is 0. The number of halogens is 1. The molecule has 7 nitrogen and oxygen atoms in total. The zero-order valence-corrected chi connectivity index (χ0v) is 19.0. The summed E-state index contributed by atoms with van der Waals surface area (Å²) in [6.45, 7) is 3.48. The molecule has 2 saturated heterocycles. The maximum Gasteiger partial charge on any atom is 0.214 e. The van der Waals surface area contributed by atoms with Crippen molar-refractivity contribution >= 4 is 51.7 Å². The normalized spacial score (nSPS) is 26.3. The van der Waals surface area contributed by atoms with Crippen molar-refractivity contribution in [2.75, 3.05) is 43.9 Å². The molecule has 2 rings (SSSR count). The fraction of sp³-hybridized carbons (Fsp3) is 0.933. The largest absolute Gasteiger partial charge is 0.387 e. The molecule has 0 aromatic rings. The molecular weight excluding hydrogens is 475 g/mol. The number of guanidine groups is 1. The molecule has 0 spiro atoms. The highest BCUT2D eigenvalue weighted by Gasteiger charge is 2.32. The van der Waals surface area contributed by atoms with E-state index in [1.807, 2.05) is 6.92 Å². The second-order valence-corrected chi connectivity index (χ2v) is 9.78. The van der Waals surface area contributed by atoms with Crippen LogP contribution in [-0.4, -0.2) is 79.4 Å². The fourth-order valence-corrected chi connectivity index (χ4v) is 5.87. The summed E-state index contributed by atoms with van der Waals surface area (Å²) < 4.78 is 25.8. The van der Waals surface area contributed by atoms with Gasteiger partial charge in [0.2, 0.25) is 10.0 Å². The Kier molecular flexibility index (Phi) is 9.79. The standard InChI is InChI=1S/C15H30N4O3S2.HI/c1-3-10-24(21,22)19-7-4-13(5-8-19)18-14(16-2)17-11-15(20)6-9-23-12-15;/h13,20H,3-12H2,1-2H3,(H2,16,17,18);1H. The third-order valence-corrected chi connectivity index (χ3v) is 7.85. The van der Waals surface area contributed by atoms with E-state index in [-0.39, 0.29) is 35.8 Å². The number of nitrogens with one attached hydrogen (secondary N) is 2. The van der Waals surface area contributed by atoms with Gasteiger partial charge in [0.05, 0.1) is 11.4 Å². The molecule has 25 heavy (non-hydrogen) atoms. The number of sulfonamides is 1. The van der Waals surface area contributed by atoms with Crippen LogP contribution in [-0.2, 0) is 10.0 Å². The molecule has 3 N–H and O–H groups in total. The Hall–Kier alpha value is 0.220. The molecule has 1 unspecified atom stereocenters. The molecule has 0 aromatic carbocycles. The monoisotopic (exact) mass is 506 g/mol. The number of nitrogens with zero attached hydrogens (tertiary/aromatic N) is 2. The van der Waals surface area contributed by atoms with E-state index in [0.29, 0.717) is 32.0 Å². The molecular formula is C15H31IN4O3S2. The lowest BCUT2D eigenvalue weighted by atomic mass is 10.0. The Labute approximate surface area is 172 Å². The number of piperidine rings is 1. The van der Waals surface area contributed by atoms with Crippen LogP contribution in [0.5, 0.6) is 0 Å². The van der Waals surface area contributed by atoms with E-state index in [1.165, 1.54) is 0 Å². The molecule has 2 aliphatic rings. The third-order valence-electron chi connectivity index (χ3n) is 4.54. The molecule has 0 aliphatic carbocycles. The van der Waals surface area contributed by atoms with Gasteiger partial charge in [-0.15, -0.1) is 24.0 Å². The Morgan fingerprint density at radius 1 is 1.40 bits per heavy atom. The molecule has 0 saturated carbocycles. The van der Waals surface area contributed by atoms with Gasteiger partial charge in [0, 0.05) is 38.5 Å². The number of aliphatic hydroxyl groups is 1. The summed E-state index contributed by atoms with van der Waals surface area (Å²) in [7, 11) is -1.38. The molecule has 1 atom stereocenters. The van der Waals surface area contributed by atoms with E-state index in [1.54, 1.807) is 23.1 Å². The van der Waals surface area contributed by atoms with Crippen LogP contribution in [0.4, 0.5) is 0 Å². The first-order valence-electron chi connectivity index (χ1n) is 8.64. The summed E-state index contributed by atoms with van der Waals surface area (Å²) in [4.78, 5) is 4.22. The van der Waals surface area contributed by atoms with Gasteiger partial charge in [-0.3, -0.25) is 4.99 Å². The second kappa shape index (κ2) is 10.5. The van der Waals surface area contributed by atoms with Gasteiger partial charge in [0.15, 0.2) is 5.96 Å². The maximum atomic E-state index is 12.1. The molecule has 0 radical (unpaired) electrons. The van der Waals surface area contributed by atoms with Crippen molar-refractivity contribution in [1.29, 1.82) is 0 Å². The molecule has 148 valence electrons. The molecule has 2 fully saturated rings.